The van der Waals surface area contributed by atoms with Crippen LogP contribution >= 0.6 is 11.8 Å². The summed E-state index contributed by atoms with van der Waals surface area (Å²) in [7, 11) is 1.68. The number of likely N-dealkylation sites (N-methyl/N-ethyl adjacent to an activating group) is 1. The van der Waals surface area contributed by atoms with E-state index in [1.165, 1.54) is 4.90 Å². The van der Waals surface area contributed by atoms with Gasteiger partial charge in [-0.05, 0) is 50.2 Å². The van der Waals surface area contributed by atoms with Crippen molar-refractivity contribution in [2.45, 2.75) is 27.3 Å². The van der Waals surface area contributed by atoms with Crippen molar-refractivity contribution in [2.75, 3.05) is 20.3 Å². The normalized spacial score (nSPS) is 17.3. The van der Waals surface area contributed by atoms with E-state index >= 15 is 0 Å². The number of aryl methyl sites for hydroxylation is 1. The van der Waals surface area contributed by atoms with E-state index in [0.29, 0.717) is 18.1 Å². The lowest BCUT2D eigenvalue weighted by atomic mass is 10.2. The standard InChI is InChI=1S/C15H20N2O3S/c1-5-16-14(18)13(21-15(16)19)9-12-8-10(2)17(11(12)3)6-7-20-4/h8-9H,5-7H2,1-4H3/b13-9+. The Morgan fingerprint density at radius 1 is 1.33 bits per heavy atom. The van der Waals surface area contributed by atoms with E-state index in [9.17, 15) is 9.59 Å². The van der Waals surface area contributed by atoms with Gasteiger partial charge in [-0.25, -0.2) is 0 Å². The molecule has 0 bridgehead atoms. The quantitative estimate of drug-likeness (QED) is 0.785. The molecule has 1 aromatic heterocycles. The van der Waals surface area contributed by atoms with Gasteiger partial charge >= 0.3 is 0 Å². The van der Waals surface area contributed by atoms with Crippen LogP contribution < -0.4 is 0 Å². The largest absolute Gasteiger partial charge is 0.383 e. The number of hydrogen-bond donors (Lipinski definition) is 0. The maximum Gasteiger partial charge on any atom is 0.293 e. The Labute approximate surface area is 128 Å². The third-order valence-electron chi connectivity index (χ3n) is 3.61. The van der Waals surface area contributed by atoms with Crippen molar-refractivity contribution >= 4 is 29.0 Å². The monoisotopic (exact) mass is 308 g/mol. The maximum absolute atomic E-state index is 12.1. The molecule has 2 rings (SSSR count). The molecule has 2 amide bonds. The lowest BCUT2D eigenvalue weighted by Crippen LogP contribution is -2.27. The molecule has 0 spiro atoms. The first-order chi connectivity index (χ1) is 9.99. The molecular weight excluding hydrogens is 288 g/mol. The van der Waals surface area contributed by atoms with Crippen LogP contribution in [0, 0.1) is 13.8 Å². The van der Waals surface area contributed by atoms with Crippen molar-refractivity contribution < 1.29 is 14.3 Å². The number of nitrogens with zero attached hydrogens (tertiary/aromatic N) is 2. The molecule has 0 saturated carbocycles. The number of carbonyl (C=O) groups is 2. The number of imide groups is 1. The van der Waals surface area contributed by atoms with Crippen LogP contribution in [0.4, 0.5) is 4.79 Å². The smallest absolute Gasteiger partial charge is 0.293 e. The van der Waals surface area contributed by atoms with E-state index in [4.69, 9.17) is 4.74 Å². The lowest BCUT2D eigenvalue weighted by molar-refractivity contribution is -0.122. The Morgan fingerprint density at radius 3 is 2.62 bits per heavy atom. The minimum absolute atomic E-state index is 0.193. The van der Waals surface area contributed by atoms with Gasteiger partial charge in [-0.15, -0.1) is 0 Å². The highest BCUT2D eigenvalue weighted by Crippen LogP contribution is 2.32. The highest BCUT2D eigenvalue weighted by molar-refractivity contribution is 8.18. The zero-order valence-corrected chi connectivity index (χ0v) is 13.6. The second-order valence-corrected chi connectivity index (χ2v) is 5.89. The number of amides is 2. The van der Waals surface area contributed by atoms with Crippen molar-refractivity contribution in [2.24, 2.45) is 0 Å². The maximum atomic E-state index is 12.1. The summed E-state index contributed by atoms with van der Waals surface area (Å²) in [6, 6.07) is 2.03. The molecule has 0 N–H and O–H groups in total. The number of aromatic nitrogens is 1. The van der Waals surface area contributed by atoms with Crippen LogP contribution in [-0.4, -0.2) is 40.9 Å². The van der Waals surface area contributed by atoms with Crippen LogP contribution in [0.3, 0.4) is 0 Å². The Balaban J connectivity index is 2.30. The van der Waals surface area contributed by atoms with Gasteiger partial charge in [-0.1, -0.05) is 0 Å². The van der Waals surface area contributed by atoms with Crippen LogP contribution in [0.25, 0.3) is 6.08 Å². The summed E-state index contributed by atoms with van der Waals surface area (Å²) in [5.74, 6) is -0.200. The summed E-state index contributed by atoms with van der Waals surface area (Å²) in [4.78, 5) is 25.6. The summed E-state index contributed by atoms with van der Waals surface area (Å²) in [6.07, 6.45) is 1.81. The van der Waals surface area contributed by atoms with E-state index in [0.717, 1.165) is 35.3 Å². The Bertz CT molecular complexity index is 604. The molecule has 1 saturated heterocycles. The molecule has 21 heavy (non-hydrogen) atoms. The minimum Gasteiger partial charge on any atom is -0.383 e. The number of methoxy groups -OCH3 is 1. The molecule has 1 aliphatic heterocycles. The van der Waals surface area contributed by atoms with Gasteiger partial charge in [0.15, 0.2) is 0 Å². The first-order valence-electron chi connectivity index (χ1n) is 6.90. The molecule has 0 unspecified atom stereocenters. The van der Waals surface area contributed by atoms with Crippen LogP contribution in [-0.2, 0) is 16.1 Å². The Kier molecular flexibility index (Phi) is 4.90. The van der Waals surface area contributed by atoms with Gasteiger partial charge in [0.2, 0.25) is 0 Å². The summed E-state index contributed by atoms with van der Waals surface area (Å²) in [5, 5.41) is -0.193. The molecular formula is C15H20N2O3S. The van der Waals surface area contributed by atoms with Crippen molar-refractivity contribution in [1.29, 1.82) is 0 Å². The minimum atomic E-state index is -0.200. The number of thioether (sulfide) groups is 1. The van der Waals surface area contributed by atoms with Gasteiger partial charge in [0.05, 0.1) is 11.5 Å². The fourth-order valence-corrected chi connectivity index (χ4v) is 3.31. The molecule has 1 fully saturated rings. The SMILES string of the molecule is CCN1C(=O)S/C(=C/c2cc(C)n(CCOC)c2C)C1=O. The highest BCUT2D eigenvalue weighted by Gasteiger charge is 2.33. The Morgan fingerprint density at radius 2 is 2.05 bits per heavy atom. The first kappa shape index (κ1) is 15.9. The van der Waals surface area contributed by atoms with Gasteiger partial charge in [0.1, 0.15) is 0 Å². The van der Waals surface area contributed by atoms with Crippen molar-refractivity contribution in [1.82, 2.24) is 9.47 Å². The predicted molar refractivity (Wildman–Crippen MR) is 84.1 cm³/mol. The average Bonchev–Trinajstić information content (AvgIpc) is 2.86. The molecule has 114 valence electrons. The molecule has 0 atom stereocenters. The molecule has 1 aliphatic rings. The molecule has 0 aliphatic carbocycles. The molecule has 2 heterocycles. The first-order valence-corrected chi connectivity index (χ1v) is 7.72. The van der Waals surface area contributed by atoms with Gasteiger partial charge in [0.25, 0.3) is 11.1 Å². The second kappa shape index (κ2) is 6.49. The number of hydrogen-bond acceptors (Lipinski definition) is 4. The second-order valence-electron chi connectivity index (χ2n) is 4.90. The molecule has 0 aromatic carbocycles. The Hall–Kier alpha value is -1.53. The molecule has 6 heteroatoms. The van der Waals surface area contributed by atoms with Crippen molar-refractivity contribution in [3.05, 3.63) is 27.9 Å². The summed E-state index contributed by atoms with van der Waals surface area (Å²) < 4.78 is 7.26. The summed E-state index contributed by atoms with van der Waals surface area (Å²) >= 11 is 1.01. The van der Waals surface area contributed by atoms with Gasteiger partial charge in [0, 0.05) is 31.6 Å². The lowest BCUT2D eigenvalue weighted by Gasteiger charge is -2.08. The average molecular weight is 308 g/mol. The number of rotatable bonds is 5. The molecule has 0 radical (unpaired) electrons. The van der Waals surface area contributed by atoms with Crippen LogP contribution in [0.1, 0.15) is 23.9 Å². The van der Waals surface area contributed by atoms with E-state index < -0.39 is 0 Å². The van der Waals surface area contributed by atoms with E-state index in [2.05, 4.69) is 4.57 Å². The predicted octanol–water partition coefficient (Wildman–Crippen LogP) is 2.81. The fraction of sp³-hybridized carbons (Fsp3) is 0.467. The topological polar surface area (TPSA) is 51.5 Å². The van der Waals surface area contributed by atoms with Crippen LogP contribution in [0.5, 0.6) is 0 Å². The van der Waals surface area contributed by atoms with Crippen molar-refractivity contribution in [3.8, 4) is 0 Å². The van der Waals surface area contributed by atoms with E-state index in [-0.39, 0.29) is 11.1 Å². The molecule has 1 aromatic rings. The number of ether oxygens (including phenoxy) is 1. The van der Waals surface area contributed by atoms with E-state index in [1.807, 2.05) is 26.0 Å². The highest BCUT2D eigenvalue weighted by atomic mass is 32.2. The molecule has 5 nitrogen and oxygen atoms in total. The number of carbonyl (C=O) groups excluding carboxylic acids is 2. The summed E-state index contributed by atoms with van der Waals surface area (Å²) in [5.41, 5.74) is 3.17. The summed E-state index contributed by atoms with van der Waals surface area (Å²) in [6.45, 7) is 7.67. The van der Waals surface area contributed by atoms with Crippen LogP contribution in [0.2, 0.25) is 0 Å². The van der Waals surface area contributed by atoms with E-state index in [1.54, 1.807) is 14.0 Å². The zero-order valence-electron chi connectivity index (χ0n) is 12.8. The van der Waals surface area contributed by atoms with Crippen LogP contribution in [0.15, 0.2) is 11.0 Å². The van der Waals surface area contributed by atoms with Crippen molar-refractivity contribution in [3.63, 3.8) is 0 Å². The van der Waals surface area contributed by atoms with Gasteiger partial charge in [-0.2, -0.15) is 0 Å². The third-order valence-corrected chi connectivity index (χ3v) is 4.52. The third kappa shape index (κ3) is 3.06. The van der Waals surface area contributed by atoms with Gasteiger partial charge < -0.3 is 9.30 Å². The fourth-order valence-electron chi connectivity index (χ4n) is 2.41. The van der Waals surface area contributed by atoms with Gasteiger partial charge in [-0.3, -0.25) is 14.5 Å². The zero-order chi connectivity index (χ0) is 15.6.